The molecule has 1 unspecified atom stereocenters. The Kier molecular flexibility index (Phi) is 7.02. The van der Waals surface area contributed by atoms with Crippen molar-refractivity contribution in [2.45, 2.75) is 24.5 Å². The first-order valence-electron chi connectivity index (χ1n) is 6.68. The summed E-state index contributed by atoms with van der Waals surface area (Å²) in [6, 6.07) is 0. The van der Waals surface area contributed by atoms with E-state index in [-0.39, 0.29) is 54.0 Å². The van der Waals surface area contributed by atoms with Crippen LogP contribution in [0.2, 0.25) is 0 Å². The Morgan fingerprint density at radius 1 is 1.20 bits per heavy atom. The van der Waals surface area contributed by atoms with E-state index in [0.29, 0.717) is 0 Å². The molecule has 4 amide bonds. The van der Waals surface area contributed by atoms with Crippen molar-refractivity contribution in [2.75, 3.05) is 6.54 Å². The van der Waals surface area contributed by atoms with Crippen molar-refractivity contribution in [1.29, 1.82) is 0 Å². The van der Waals surface area contributed by atoms with Crippen molar-refractivity contribution in [1.82, 2.24) is 9.96 Å². The van der Waals surface area contributed by atoms with Gasteiger partial charge in [0.1, 0.15) is 0 Å². The first kappa shape index (κ1) is 21.4. The summed E-state index contributed by atoms with van der Waals surface area (Å²) in [5.41, 5.74) is 0. The molecule has 25 heavy (non-hydrogen) atoms. The van der Waals surface area contributed by atoms with Crippen LogP contribution < -0.4 is 0 Å². The van der Waals surface area contributed by atoms with Crippen molar-refractivity contribution in [2.24, 2.45) is 0 Å². The molecule has 11 nitrogen and oxygen atoms in total. The van der Waals surface area contributed by atoms with Crippen LogP contribution in [0, 0.1) is 0 Å². The van der Waals surface area contributed by atoms with Crippen LogP contribution >= 0.6 is 0 Å². The summed E-state index contributed by atoms with van der Waals surface area (Å²) < 4.78 is 30.7. The number of amides is 4. The van der Waals surface area contributed by atoms with Gasteiger partial charge in [-0.2, -0.15) is 8.42 Å². The molecule has 1 N–H and O–H groups in total. The van der Waals surface area contributed by atoms with Crippen molar-refractivity contribution in [3.05, 3.63) is 12.2 Å². The number of nitrogens with zero attached hydrogens (tertiary/aromatic N) is 2. The van der Waals surface area contributed by atoms with Crippen LogP contribution in [-0.4, -0.2) is 93.9 Å². The van der Waals surface area contributed by atoms with Gasteiger partial charge >= 0.3 is 35.5 Å². The fourth-order valence-electron chi connectivity index (χ4n) is 2.09. The van der Waals surface area contributed by atoms with Crippen LogP contribution in [0.25, 0.3) is 0 Å². The zero-order valence-corrected chi connectivity index (χ0v) is 12.9. The summed E-state index contributed by atoms with van der Waals surface area (Å²) in [7, 11) is -4.79. The molecule has 2 heterocycles. The molecule has 0 bridgehead atoms. The van der Waals surface area contributed by atoms with Crippen molar-refractivity contribution in [3.63, 3.8) is 0 Å². The third kappa shape index (κ3) is 4.95. The van der Waals surface area contributed by atoms with Gasteiger partial charge < -0.3 is 4.84 Å². The Morgan fingerprint density at radius 2 is 1.76 bits per heavy atom. The van der Waals surface area contributed by atoms with Gasteiger partial charge in [0, 0.05) is 25.1 Å². The summed E-state index contributed by atoms with van der Waals surface area (Å²) in [4.78, 5) is 62.7. The number of hydroxylamine groups is 2. The van der Waals surface area contributed by atoms with E-state index in [4.69, 9.17) is 4.55 Å². The molecule has 0 spiro atoms. The first-order valence-corrected chi connectivity index (χ1v) is 8.19. The van der Waals surface area contributed by atoms with Crippen LogP contribution in [0.15, 0.2) is 12.2 Å². The number of carbonyl (C=O) groups excluding carboxylic acids is 5. The second kappa shape index (κ2) is 8.19. The monoisotopic (exact) mass is 384 g/mol. The Hall–Kier alpha value is -1.60. The SMILES string of the molecule is O=C(CCCN1C(=O)C=CC1=O)ON1C(=O)CC(S(=O)(=O)O)C1=O.[NaH]. The van der Waals surface area contributed by atoms with Gasteiger partial charge in [-0.05, 0) is 6.42 Å². The molecular weight excluding hydrogens is 371 g/mol. The van der Waals surface area contributed by atoms with Gasteiger partial charge in [-0.25, -0.2) is 4.79 Å². The van der Waals surface area contributed by atoms with E-state index >= 15 is 0 Å². The molecule has 0 radical (unpaired) electrons. The number of hydrogen-bond donors (Lipinski definition) is 1. The molecule has 2 aliphatic heterocycles. The Balaban J connectivity index is 0.00000312. The van der Waals surface area contributed by atoms with Crippen LogP contribution in [0.3, 0.4) is 0 Å². The predicted octanol–water partition coefficient (Wildman–Crippen LogP) is -2.48. The second-order valence-corrected chi connectivity index (χ2v) is 6.56. The van der Waals surface area contributed by atoms with Gasteiger partial charge in [-0.1, -0.05) is 0 Å². The molecule has 132 valence electrons. The fraction of sp³-hybridized carbons (Fsp3) is 0.417. The molecule has 0 aliphatic carbocycles. The topological polar surface area (TPSA) is 155 Å². The van der Waals surface area contributed by atoms with E-state index in [1.165, 1.54) is 0 Å². The molecule has 1 saturated heterocycles. The zero-order valence-electron chi connectivity index (χ0n) is 12.1. The van der Waals surface area contributed by atoms with E-state index in [2.05, 4.69) is 4.84 Å². The van der Waals surface area contributed by atoms with E-state index < -0.39 is 51.4 Å². The third-order valence-corrected chi connectivity index (χ3v) is 4.37. The molecule has 0 aromatic carbocycles. The summed E-state index contributed by atoms with van der Waals surface area (Å²) >= 11 is 0. The second-order valence-electron chi connectivity index (χ2n) is 4.96. The average Bonchev–Trinajstić information content (AvgIpc) is 2.94. The number of carbonyl (C=O) groups is 5. The fourth-order valence-corrected chi connectivity index (χ4v) is 2.80. The van der Waals surface area contributed by atoms with E-state index in [0.717, 1.165) is 17.1 Å². The molecule has 1 fully saturated rings. The number of imide groups is 2. The minimum absolute atomic E-state index is 0. The normalized spacial score (nSPS) is 20.3. The Labute approximate surface area is 163 Å². The predicted molar refractivity (Wildman–Crippen MR) is 80.1 cm³/mol. The van der Waals surface area contributed by atoms with Crippen LogP contribution in [0.1, 0.15) is 19.3 Å². The van der Waals surface area contributed by atoms with Crippen molar-refractivity contribution >= 4 is 69.3 Å². The van der Waals surface area contributed by atoms with Crippen molar-refractivity contribution < 1.29 is 41.8 Å². The third-order valence-electron chi connectivity index (χ3n) is 3.28. The van der Waals surface area contributed by atoms with Gasteiger partial charge in [-0.3, -0.25) is 28.6 Å². The van der Waals surface area contributed by atoms with Gasteiger partial charge in [-0.15, -0.1) is 5.06 Å². The van der Waals surface area contributed by atoms with E-state index in [1.54, 1.807) is 0 Å². The molecule has 13 heteroatoms. The molecular formula is C12H13N2NaO9S. The molecule has 0 aromatic rings. The molecule has 0 aromatic heterocycles. The van der Waals surface area contributed by atoms with Gasteiger partial charge in [0.15, 0.2) is 5.25 Å². The number of rotatable bonds is 6. The average molecular weight is 384 g/mol. The summed E-state index contributed by atoms with van der Waals surface area (Å²) in [5.74, 6) is -4.50. The first-order chi connectivity index (χ1) is 11.1. The number of hydrogen-bond acceptors (Lipinski definition) is 8. The van der Waals surface area contributed by atoms with Gasteiger partial charge in [0.05, 0.1) is 6.42 Å². The summed E-state index contributed by atoms with van der Waals surface area (Å²) in [5, 5.41) is -2.00. The van der Waals surface area contributed by atoms with Crippen molar-refractivity contribution in [3.8, 4) is 0 Å². The molecule has 0 saturated carbocycles. The molecule has 2 rings (SSSR count). The molecule has 2 aliphatic rings. The summed E-state index contributed by atoms with van der Waals surface area (Å²) in [6.45, 7) is -0.0602. The van der Waals surface area contributed by atoms with E-state index in [1.807, 2.05) is 0 Å². The Bertz CT molecular complexity index is 743. The maximum atomic E-state index is 11.6. The maximum absolute atomic E-state index is 11.6. The van der Waals surface area contributed by atoms with Crippen LogP contribution in [0.5, 0.6) is 0 Å². The summed E-state index contributed by atoms with van der Waals surface area (Å²) in [6.07, 6.45) is 1.03. The quantitative estimate of drug-likeness (QED) is 0.297. The van der Waals surface area contributed by atoms with E-state index in [9.17, 15) is 32.4 Å². The van der Waals surface area contributed by atoms with Gasteiger partial charge in [0.2, 0.25) is 0 Å². The minimum atomic E-state index is -4.79. The van der Waals surface area contributed by atoms with Crippen LogP contribution in [0.4, 0.5) is 0 Å². The molecule has 1 atom stereocenters. The van der Waals surface area contributed by atoms with Crippen LogP contribution in [-0.2, 0) is 38.9 Å². The zero-order chi connectivity index (χ0) is 18.1. The Morgan fingerprint density at radius 3 is 2.24 bits per heavy atom. The van der Waals surface area contributed by atoms with Gasteiger partial charge in [0.25, 0.3) is 33.7 Å². The standard InChI is InChI=1S/C12H12N2O9S.Na.H/c15-8-3-4-9(16)13(8)5-1-2-11(18)23-14-10(17)6-7(12(14)19)24(20,21)22;;/h3-4,7H,1-2,5-6H2,(H,20,21,22);;.